The van der Waals surface area contributed by atoms with Crippen LogP contribution in [-0.4, -0.2) is 17.5 Å². The Hall–Kier alpha value is -1.35. The Morgan fingerprint density at radius 3 is 2.75 bits per heavy atom. The van der Waals surface area contributed by atoms with Crippen LogP contribution in [0.25, 0.3) is 0 Å². The Kier molecular flexibility index (Phi) is 4.99. The Balaban J connectivity index is 2.79. The van der Waals surface area contributed by atoms with Crippen molar-refractivity contribution in [2.24, 2.45) is 0 Å². The van der Waals surface area contributed by atoms with Gasteiger partial charge >= 0.3 is 0 Å². The number of rotatable bonds is 6. The fourth-order valence-corrected chi connectivity index (χ4v) is 1.50. The molecular weight excluding hydrogens is 204 g/mol. The largest absolute Gasteiger partial charge is 0.493 e. The molecule has 1 aromatic rings. The molecule has 0 bridgehead atoms. The Morgan fingerprint density at radius 2 is 2.19 bits per heavy atom. The summed E-state index contributed by atoms with van der Waals surface area (Å²) in [4.78, 5) is 10.9. The van der Waals surface area contributed by atoms with Crippen molar-refractivity contribution >= 4 is 5.78 Å². The normalized spacial score (nSPS) is 10.2. The van der Waals surface area contributed by atoms with E-state index < -0.39 is 0 Å². The molecule has 0 aliphatic rings. The predicted molar refractivity (Wildman–Crippen MR) is 62.5 cm³/mol. The summed E-state index contributed by atoms with van der Waals surface area (Å²) in [6.45, 7) is 4.04. The minimum Gasteiger partial charge on any atom is -0.493 e. The monoisotopic (exact) mass is 222 g/mol. The SMILES string of the molecule is CCOc1cc(CCC(C)=O)ccc1CO. The van der Waals surface area contributed by atoms with Gasteiger partial charge in [-0.25, -0.2) is 0 Å². The lowest BCUT2D eigenvalue weighted by Crippen LogP contribution is -1.99. The lowest BCUT2D eigenvalue weighted by Gasteiger charge is -2.10. The molecule has 0 saturated heterocycles. The van der Waals surface area contributed by atoms with Gasteiger partial charge < -0.3 is 14.6 Å². The molecule has 0 spiro atoms. The zero-order valence-electron chi connectivity index (χ0n) is 9.82. The quantitative estimate of drug-likeness (QED) is 0.801. The fourth-order valence-electron chi connectivity index (χ4n) is 1.50. The molecular formula is C13H18O3. The molecule has 0 atom stereocenters. The minimum atomic E-state index is -0.0255. The van der Waals surface area contributed by atoms with Crippen LogP contribution in [0.2, 0.25) is 0 Å². The van der Waals surface area contributed by atoms with Crippen molar-refractivity contribution in [2.45, 2.75) is 33.3 Å². The van der Waals surface area contributed by atoms with E-state index in [9.17, 15) is 4.79 Å². The number of carbonyl (C=O) groups is 1. The molecule has 0 amide bonds. The van der Waals surface area contributed by atoms with Crippen molar-refractivity contribution in [3.8, 4) is 5.75 Å². The second-order valence-corrected chi connectivity index (χ2v) is 3.74. The van der Waals surface area contributed by atoms with E-state index in [0.29, 0.717) is 18.8 Å². The Bertz CT molecular complexity index is 358. The van der Waals surface area contributed by atoms with Gasteiger partial charge in [0.15, 0.2) is 0 Å². The van der Waals surface area contributed by atoms with Gasteiger partial charge in [0.25, 0.3) is 0 Å². The molecule has 0 aliphatic carbocycles. The van der Waals surface area contributed by atoms with Crippen LogP contribution in [0, 0.1) is 0 Å². The number of ether oxygens (including phenoxy) is 1. The number of hydrogen-bond acceptors (Lipinski definition) is 3. The molecule has 3 nitrogen and oxygen atoms in total. The first-order chi connectivity index (χ1) is 7.67. The highest BCUT2D eigenvalue weighted by atomic mass is 16.5. The topological polar surface area (TPSA) is 46.5 Å². The minimum absolute atomic E-state index is 0.0255. The number of carbonyl (C=O) groups excluding carboxylic acids is 1. The van der Waals surface area contributed by atoms with Crippen molar-refractivity contribution in [3.05, 3.63) is 29.3 Å². The molecule has 1 rings (SSSR count). The molecule has 1 N–H and O–H groups in total. The fraction of sp³-hybridized carbons (Fsp3) is 0.462. The van der Waals surface area contributed by atoms with Crippen molar-refractivity contribution in [3.63, 3.8) is 0 Å². The number of benzene rings is 1. The summed E-state index contributed by atoms with van der Waals surface area (Å²) in [5.41, 5.74) is 1.85. The molecule has 0 radical (unpaired) electrons. The summed E-state index contributed by atoms with van der Waals surface area (Å²) in [6.07, 6.45) is 1.27. The molecule has 16 heavy (non-hydrogen) atoms. The summed E-state index contributed by atoms with van der Waals surface area (Å²) in [6, 6.07) is 5.68. The molecule has 0 heterocycles. The van der Waals surface area contributed by atoms with Crippen LogP contribution < -0.4 is 4.74 Å². The number of hydrogen-bond donors (Lipinski definition) is 1. The smallest absolute Gasteiger partial charge is 0.130 e. The highest BCUT2D eigenvalue weighted by molar-refractivity contribution is 5.75. The van der Waals surface area contributed by atoms with Crippen LogP contribution >= 0.6 is 0 Å². The first-order valence-corrected chi connectivity index (χ1v) is 5.52. The standard InChI is InChI=1S/C13H18O3/c1-3-16-13-8-11(5-4-10(2)15)6-7-12(13)9-14/h6-8,14H,3-5,9H2,1-2H3. The first kappa shape index (κ1) is 12.7. The van der Waals surface area contributed by atoms with E-state index in [1.54, 1.807) is 6.92 Å². The van der Waals surface area contributed by atoms with Crippen LogP contribution in [0.3, 0.4) is 0 Å². The van der Waals surface area contributed by atoms with Crippen LogP contribution in [0.5, 0.6) is 5.75 Å². The van der Waals surface area contributed by atoms with E-state index >= 15 is 0 Å². The van der Waals surface area contributed by atoms with Crippen LogP contribution in [0.4, 0.5) is 0 Å². The van der Waals surface area contributed by atoms with E-state index in [1.807, 2.05) is 25.1 Å². The molecule has 0 unspecified atom stereocenters. The first-order valence-electron chi connectivity index (χ1n) is 5.52. The molecule has 0 saturated carbocycles. The third kappa shape index (κ3) is 3.66. The van der Waals surface area contributed by atoms with Gasteiger partial charge in [-0.1, -0.05) is 12.1 Å². The number of aryl methyl sites for hydroxylation is 1. The van der Waals surface area contributed by atoms with Gasteiger partial charge in [-0.05, 0) is 31.9 Å². The Labute approximate surface area is 96.1 Å². The van der Waals surface area contributed by atoms with Gasteiger partial charge in [0.05, 0.1) is 13.2 Å². The summed E-state index contributed by atoms with van der Waals surface area (Å²) >= 11 is 0. The summed E-state index contributed by atoms with van der Waals surface area (Å²) in [5.74, 6) is 0.898. The van der Waals surface area contributed by atoms with E-state index in [-0.39, 0.29) is 12.4 Å². The summed E-state index contributed by atoms with van der Waals surface area (Å²) in [5, 5.41) is 9.12. The van der Waals surface area contributed by atoms with Gasteiger partial charge in [0.2, 0.25) is 0 Å². The average molecular weight is 222 g/mol. The van der Waals surface area contributed by atoms with Crippen LogP contribution in [-0.2, 0) is 17.8 Å². The van der Waals surface area contributed by atoms with Gasteiger partial charge in [0, 0.05) is 12.0 Å². The van der Waals surface area contributed by atoms with Gasteiger partial charge in [0.1, 0.15) is 11.5 Å². The lowest BCUT2D eigenvalue weighted by molar-refractivity contribution is -0.116. The van der Waals surface area contributed by atoms with Crippen molar-refractivity contribution in [1.29, 1.82) is 0 Å². The van der Waals surface area contributed by atoms with Crippen molar-refractivity contribution in [2.75, 3.05) is 6.61 Å². The summed E-state index contributed by atoms with van der Waals surface area (Å²) in [7, 11) is 0. The molecule has 1 aromatic carbocycles. The highest BCUT2D eigenvalue weighted by Crippen LogP contribution is 2.21. The Morgan fingerprint density at radius 1 is 1.44 bits per heavy atom. The number of Topliss-reactive ketones (excluding diaryl/α,β-unsaturated/α-hetero) is 1. The van der Waals surface area contributed by atoms with Crippen molar-refractivity contribution < 1.29 is 14.6 Å². The third-order valence-electron chi connectivity index (χ3n) is 2.37. The van der Waals surface area contributed by atoms with E-state index in [2.05, 4.69) is 0 Å². The maximum absolute atomic E-state index is 10.9. The van der Waals surface area contributed by atoms with Crippen LogP contribution in [0.15, 0.2) is 18.2 Å². The average Bonchev–Trinajstić information content (AvgIpc) is 2.27. The third-order valence-corrected chi connectivity index (χ3v) is 2.37. The number of aliphatic hydroxyl groups is 1. The van der Waals surface area contributed by atoms with Gasteiger partial charge in [-0.3, -0.25) is 0 Å². The molecule has 88 valence electrons. The van der Waals surface area contributed by atoms with Gasteiger partial charge in [-0.15, -0.1) is 0 Å². The maximum atomic E-state index is 10.9. The maximum Gasteiger partial charge on any atom is 0.130 e. The zero-order chi connectivity index (χ0) is 12.0. The second kappa shape index (κ2) is 6.28. The lowest BCUT2D eigenvalue weighted by atomic mass is 10.1. The highest BCUT2D eigenvalue weighted by Gasteiger charge is 2.04. The number of aliphatic hydroxyl groups excluding tert-OH is 1. The summed E-state index contributed by atoms with van der Waals surface area (Å²) < 4.78 is 5.43. The van der Waals surface area contributed by atoms with E-state index in [0.717, 1.165) is 17.5 Å². The molecule has 0 fully saturated rings. The number of ketones is 1. The van der Waals surface area contributed by atoms with E-state index in [4.69, 9.17) is 9.84 Å². The molecule has 0 aromatic heterocycles. The zero-order valence-corrected chi connectivity index (χ0v) is 9.82. The second-order valence-electron chi connectivity index (χ2n) is 3.74. The van der Waals surface area contributed by atoms with Crippen molar-refractivity contribution in [1.82, 2.24) is 0 Å². The van der Waals surface area contributed by atoms with Gasteiger partial charge in [-0.2, -0.15) is 0 Å². The molecule has 3 heteroatoms. The molecule has 0 aliphatic heterocycles. The van der Waals surface area contributed by atoms with E-state index in [1.165, 1.54) is 0 Å². The van der Waals surface area contributed by atoms with Crippen LogP contribution in [0.1, 0.15) is 31.4 Å². The predicted octanol–water partition coefficient (Wildman–Crippen LogP) is 2.10.